The topological polar surface area (TPSA) is 57.5 Å². The first-order valence-corrected chi connectivity index (χ1v) is 4.58. The average Bonchev–Trinajstić information content (AvgIpc) is 2.03. The van der Waals surface area contributed by atoms with Gasteiger partial charge in [0.2, 0.25) is 0 Å². The maximum Gasteiger partial charge on any atom is 0.303 e. The van der Waals surface area contributed by atoms with Crippen LogP contribution in [0.5, 0.6) is 5.75 Å². The zero-order chi connectivity index (χ0) is 9.84. The van der Waals surface area contributed by atoms with Crippen molar-refractivity contribution in [1.29, 1.82) is 0 Å². The molecule has 70 valence electrons. The number of aliphatic carboxylic acids is 1. The first kappa shape index (κ1) is 10.1. The standard InChI is InChI=1S/C9H9BrO3/c10-7-2-1-3-8(11)6(7)4-5-9(12)13/h1-3,11H,4-5H2,(H,12,13). The lowest BCUT2D eigenvalue weighted by atomic mass is 10.1. The summed E-state index contributed by atoms with van der Waals surface area (Å²) >= 11 is 3.24. The lowest BCUT2D eigenvalue weighted by Crippen LogP contribution is -1.98. The number of hydrogen-bond acceptors (Lipinski definition) is 2. The smallest absolute Gasteiger partial charge is 0.303 e. The number of halogens is 1. The van der Waals surface area contributed by atoms with Gasteiger partial charge in [-0.25, -0.2) is 0 Å². The molecule has 0 aliphatic carbocycles. The quantitative estimate of drug-likeness (QED) is 0.857. The molecule has 0 saturated heterocycles. The second kappa shape index (κ2) is 4.28. The Morgan fingerprint density at radius 3 is 2.69 bits per heavy atom. The van der Waals surface area contributed by atoms with Gasteiger partial charge in [0.05, 0.1) is 0 Å². The molecular formula is C9H9BrO3. The van der Waals surface area contributed by atoms with Crippen LogP contribution >= 0.6 is 15.9 Å². The third kappa shape index (κ3) is 2.73. The first-order valence-electron chi connectivity index (χ1n) is 3.79. The SMILES string of the molecule is O=C(O)CCc1c(O)cccc1Br. The van der Waals surface area contributed by atoms with E-state index in [0.717, 1.165) is 4.47 Å². The summed E-state index contributed by atoms with van der Waals surface area (Å²) < 4.78 is 0.744. The van der Waals surface area contributed by atoms with E-state index in [-0.39, 0.29) is 12.2 Å². The molecule has 1 aromatic carbocycles. The van der Waals surface area contributed by atoms with Crippen LogP contribution in [0.4, 0.5) is 0 Å². The minimum atomic E-state index is -0.866. The molecule has 0 saturated carbocycles. The Hall–Kier alpha value is -1.03. The highest BCUT2D eigenvalue weighted by atomic mass is 79.9. The van der Waals surface area contributed by atoms with Crippen molar-refractivity contribution in [3.8, 4) is 5.75 Å². The van der Waals surface area contributed by atoms with Crippen LogP contribution in [-0.2, 0) is 11.2 Å². The molecule has 0 aliphatic heterocycles. The molecule has 0 amide bonds. The van der Waals surface area contributed by atoms with E-state index in [4.69, 9.17) is 5.11 Å². The summed E-state index contributed by atoms with van der Waals surface area (Å²) in [5.41, 5.74) is 0.643. The van der Waals surface area contributed by atoms with Crippen LogP contribution in [0.1, 0.15) is 12.0 Å². The number of carboxylic acid groups (broad SMARTS) is 1. The molecule has 0 aromatic heterocycles. The van der Waals surface area contributed by atoms with Crippen molar-refractivity contribution in [2.75, 3.05) is 0 Å². The van der Waals surface area contributed by atoms with Crippen molar-refractivity contribution < 1.29 is 15.0 Å². The highest BCUT2D eigenvalue weighted by Gasteiger charge is 2.07. The molecule has 0 heterocycles. The number of phenols is 1. The Labute approximate surface area is 84.1 Å². The van der Waals surface area contributed by atoms with Crippen molar-refractivity contribution in [3.05, 3.63) is 28.2 Å². The van der Waals surface area contributed by atoms with Crippen molar-refractivity contribution in [1.82, 2.24) is 0 Å². The zero-order valence-corrected chi connectivity index (χ0v) is 8.41. The highest BCUT2D eigenvalue weighted by molar-refractivity contribution is 9.10. The van der Waals surface area contributed by atoms with Gasteiger partial charge in [-0.15, -0.1) is 0 Å². The van der Waals surface area contributed by atoms with E-state index in [9.17, 15) is 9.90 Å². The summed E-state index contributed by atoms with van der Waals surface area (Å²) in [7, 11) is 0. The third-order valence-electron chi connectivity index (χ3n) is 1.68. The first-order chi connectivity index (χ1) is 6.11. The van der Waals surface area contributed by atoms with Crippen molar-refractivity contribution in [3.63, 3.8) is 0 Å². The van der Waals surface area contributed by atoms with E-state index in [1.165, 1.54) is 0 Å². The summed E-state index contributed by atoms with van der Waals surface area (Å²) in [4.78, 5) is 10.3. The van der Waals surface area contributed by atoms with Gasteiger partial charge in [0.25, 0.3) is 0 Å². The fourth-order valence-corrected chi connectivity index (χ4v) is 1.58. The van der Waals surface area contributed by atoms with Gasteiger partial charge in [0, 0.05) is 16.5 Å². The Morgan fingerprint density at radius 2 is 2.15 bits per heavy atom. The molecule has 0 aliphatic rings. The largest absolute Gasteiger partial charge is 0.508 e. The van der Waals surface area contributed by atoms with Gasteiger partial charge in [0.1, 0.15) is 5.75 Å². The number of benzene rings is 1. The van der Waals surface area contributed by atoms with Crippen LogP contribution < -0.4 is 0 Å². The summed E-state index contributed by atoms with van der Waals surface area (Å²) in [6.07, 6.45) is 0.360. The highest BCUT2D eigenvalue weighted by Crippen LogP contribution is 2.26. The summed E-state index contributed by atoms with van der Waals surface area (Å²) in [5.74, 6) is -0.731. The van der Waals surface area contributed by atoms with Crippen LogP contribution in [0.3, 0.4) is 0 Å². The van der Waals surface area contributed by atoms with Gasteiger partial charge in [-0.1, -0.05) is 22.0 Å². The summed E-state index contributed by atoms with van der Waals surface area (Å²) in [5, 5.41) is 17.8. The minimum Gasteiger partial charge on any atom is -0.508 e. The van der Waals surface area contributed by atoms with Gasteiger partial charge < -0.3 is 10.2 Å². The Bertz CT molecular complexity index is 302. The number of carboxylic acids is 1. The van der Waals surface area contributed by atoms with Crippen LogP contribution in [0.25, 0.3) is 0 Å². The molecule has 3 nitrogen and oxygen atoms in total. The third-order valence-corrected chi connectivity index (χ3v) is 2.43. The maximum absolute atomic E-state index is 10.3. The molecule has 13 heavy (non-hydrogen) atoms. The van der Waals surface area contributed by atoms with E-state index in [1.807, 2.05) is 0 Å². The number of carbonyl (C=O) groups is 1. The van der Waals surface area contributed by atoms with Crippen molar-refractivity contribution >= 4 is 21.9 Å². The van der Waals surface area contributed by atoms with E-state index >= 15 is 0 Å². The molecule has 0 unspecified atom stereocenters. The lowest BCUT2D eigenvalue weighted by molar-refractivity contribution is -0.136. The van der Waals surface area contributed by atoms with E-state index in [1.54, 1.807) is 18.2 Å². The van der Waals surface area contributed by atoms with E-state index in [0.29, 0.717) is 12.0 Å². The second-order valence-corrected chi connectivity index (χ2v) is 3.49. The zero-order valence-electron chi connectivity index (χ0n) is 6.83. The van der Waals surface area contributed by atoms with Crippen LogP contribution in [0.15, 0.2) is 22.7 Å². The molecule has 2 N–H and O–H groups in total. The molecule has 0 atom stereocenters. The van der Waals surface area contributed by atoms with Gasteiger partial charge in [0.15, 0.2) is 0 Å². The van der Waals surface area contributed by atoms with Gasteiger partial charge in [-0.2, -0.15) is 0 Å². The molecular weight excluding hydrogens is 236 g/mol. The van der Waals surface area contributed by atoms with Crippen molar-refractivity contribution in [2.24, 2.45) is 0 Å². The molecule has 0 bridgehead atoms. The maximum atomic E-state index is 10.3. The van der Waals surface area contributed by atoms with Gasteiger partial charge in [-0.3, -0.25) is 4.79 Å². The molecule has 0 spiro atoms. The Morgan fingerprint density at radius 1 is 1.46 bits per heavy atom. The van der Waals surface area contributed by atoms with E-state index < -0.39 is 5.97 Å². The van der Waals surface area contributed by atoms with Crippen LogP contribution in [-0.4, -0.2) is 16.2 Å². The van der Waals surface area contributed by atoms with Gasteiger partial charge >= 0.3 is 5.97 Å². The summed E-state index contributed by atoms with van der Waals surface area (Å²) in [6, 6.07) is 5.02. The average molecular weight is 245 g/mol. The number of phenolic OH excluding ortho intramolecular Hbond substituents is 1. The van der Waals surface area contributed by atoms with Crippen LogP contribution in [0, 0.1) is 0 Å². The number of hydrogen-bond donors (Lipinski definition) is 2. The predicted octanol–water partition coefficient (Wildman–Crippen LogP) is 2.17. The van der Waals surface area contributed by atoms with Gasteiger partial charge in [-0.05, 0) is 18.6 Å². The normalized spacial score (nSPS) is 9.92. The summed E-state index contributed by atoms with van der Waals surface area (Å²) in [6.45, 7) is 0. The molecule has 1 aromatic rings. The minimum absolute atomic E-state index is 0.0240. The predicted molar refractivity (Wildman–Crippen MR) is 51.8 cm³/mol. The number of rotatable bonds is 3. The lowest BCUT2D eigenvalue weighted by Gasteiger charge is -2.04. The fourth-order valence-electron chi connectivity index (χ4n) is 1.03. The van der Waals surface area contributed by atoms with Crippen LogP contribution in [0.2, 0.25) is 0 Å². The number of aromatic hydroxyl groups is 1. The Balaban J connectivity index is 2.81. The molecule has 0 fully saturated rings. The molecule has 0 radical (unpaired) electrons. The van der Waals surface area contributed by atoms with E-state index in [2.05, 4.69) is 15.9 Å². The second-order valence-electron chi connectivity index (χ2n) is 2.63. The monoisotopic (exact) mass is 244 g/mol. The fraction of sp³-hybridized carbons (Fsp3) is 0.222. The molecule has 4 heteroatoms. The van der Waals surface area contributed by atoms with Crippen molar-refractivity contribution in [2.45, 2.75) is 12.8 Å². The Kier molecular flexibility index (Phi) is 3.31. The molecule has 1 rings (SSSR count).